The molecule has 1 fully saturated rings. The van der Waals surface area contributed by atoms with Gasteiger partial charge in [-0.25, -0.2) is 4.99 Å². The molecular weight excluding hydrogens is 312 g/mol. The van der Waals surface area contributed by atoms with Gasteiger partial charge in [0.2, 0.25) is 0 Å². The molecule has 0 spiro atoms. The zero-order chi connectivity index (χ0) is 19.2. The number of amides is 1. The Morgan fingerprint density at radius 2 is 1.96 bits per heavy atom. The van der Waals surface area contributed by atoms with Gasteiger partial charge in [0.15, 0.2) is 0 Å². The molecular formula is C20H32N4O. The van der Waals surface area contributed by atoms with Crippen LogP contribution in [0, 0.1) is 5.41 Å². The van der Waals surface area contributed by atoms with Gasteiger partial charge < -0.3 is 15.6 Å². The Morgan fingerprint density at radius 1 is 1.36 bits per heavy atom. The SMILES string of the molecule is C=N/C(NC1(C)CC1)=C(\C)C(C(=O)N(C)CCC(=N)/C=C\C)=C(C)C. The van der Waals surface area contributed by atoms with Crippen LogP contribution in [0.25, 0.3) is 0 Å². The summed E-state index contributed by atoms with van der Waals surface area (Å²) in [7, 11) is 1.78. The Kier molecular flexibility index (Phi) is 7.34. The van der Waals surface area contributed by atoms with Gasteiger partial charge in [0.1, 0.15) is 5.82 Å². The van der Waals surface area contributed by atoms with Gasteiger partial charge in [0.05, 0.1) is 0 Å². The number of hydrogen-bond donors (Lipinski definition) is 2. The molecule has 2 N–H and O–H groups in total. The van der Waals surface area contributed by atoms with Crippen molar-refractivity contribution in [3.05, 3.63) is 34.7 Å². The molecule has 1 amide bonds. The van der Waals surface area contributed by atoms with Gasteiger partial charge in [-0.15, -0.1) is 0 Å². The molecule has 0 saturated heterocycles. The van der Waals surface area contributed by atoms with Crippen LogP contribution in [0.2, 0.25) is 0 Å². The number of carbonyl (C=O) groups is 1. The van der Waals surface area contributed by atoms with Crippen LogP contribution in [-0.2, 0) is 4.79 Å². The lowest BCUT2D eigenvalue weighted by molar-refractivity contribution is -0.125. The van der Waals surface area contributed by atoms with Crippen LogP contribution in [0.4, 0.5) is 0 Å². The predicted octanol–water partition coefficient (Wildman–Crippen LogP) is 3.84. The molecule has 0 radical (unpaired) electrons. The predicted molar refractivity (Wildman–Crippen MR) is 106 cm³/mol. The van der Waals surface area contributed by atoms with E-state index in [0.29, 0.717) is 30.1 Å². The fourth-order valence-corrected chi connectivity index (χ4v) is 2.58. The zero-order valence-corrected chi connectivity index (χ0v) is 16.5. The molecule has 0 aromatic rings. The van der Waals surface area contributed by atoms with E-state index in [1.165, 1.54) is 0 Å². The lowest BCUT2D eigenvalue weighted by Crippen LogP contribution is -2.32. The third kappa shape index (κ3) is 6.00. The zero-order valence-electron chi connectivity index (χ0n) is 16.5. The fraction of sp³-hybridized carbons (Fsp3) is 0.550. The number of likely N-dealkylation sites (N-methyl/N-ethyl adjacent to an activating group) is 1. The second kappa shape index (κ2) is 8.79. The van der Waals surface area contributed by atoms with Crippen molar-refractivity contribution in [2.45, 2.75) is 59.4 Å². The van der Waals surface area contributed by atoms with Gasteiger partial charge in [0, 0.05) is 42.4 Å². The first kappa shape index (κ1) is 20.9. The fourth-order valence-electron chi connectivity index (χ4n) is 2.58. The minimum Gasteiger partial charge on any atom is -0.365 e. The van der Waals surface area contributed by atoms with Crippen LogP contribution >= 0.6 is 0 Å². The van der Waals surface area contributed by atoms with Crippen molar-refractivity contribution in [2.75, 3.05) is 13.6 Å². The monoisotopic (exact) mass is 344 g/mol. The van der Waals surface area contributed by atoms with Crippen molar-refractivity contribution in [1.29, 1.82) is 5.41 Å². The maximum Gasteiger partial charge on any atom is 0.253 e. The van der Waals surface area contributed by atoms with E-state index in [0.717, 1.165) is 24.0 Å². The molecule has 1 aliphatic carbocycles. The highest BCUT2D eigenvalue weighted by molar-refractivity contribution is 5.99. The molecule has 5 heteroatoms. The molecule has 0 unspecified atom stereocenters. The van der Waals surface area contributed by atoms with E-state index in [1.54, 1.807) is 18.0 Å². The first-order chi connectivity index (χ1) is 11.6. The highest BCUT2D eigenvalue weighted by Crippen LogP contribution is 2.36. The summed E-state index contributed by atoms with van der Waals surface area (Å²) in [5.74, 6) is 0.634. The van der Waals surface area contributed by atoms with E-state index >= 15 is 0 Å². The molecule has 0 heterocycles. The molecule has 0 aromatic heterocycles. The summed E-state index contributed by atoms with van der Waals surface area (Å²) < 4.78 is 0. The third-order valence-corrected chi connectivity index (χ3v) is 4.45. The molecule has 5 nitrogen and oxygen atoms in total. The molecule has 25 heavy (non-hydrogen) atoms. The lowest BCUT2D eigenvalue weighted by Gasteiger charge is -2.23. The Morgan fingerprint density at radius 3 is 2.40 bits per heavy atom. The molecule has 0 aromatic carbocycles. The Hall–Kier alpha value is -2.17. The first-order valence-corrected chi connectivity index (χ1v) is 8.74. The van der Waals surface area contributed by atoms with Crippen LogP contribution in [0.5, 0.6) is 0 Å². The topological polar surface area (TPSA) is 68.6 Å². The van der Waals surface area contributed by atoms with Crippen molar-refractivity contribution >= 4 is 18.3 Å². The quantitative estimate of drug-likeness (QED) is 0.379. The number of allylic oxidation sites excluding steroid dienone is 3. The summed E-state index contributed by atoms with van der Waals surface area (Å²) in [6.45, 7) is 14.0. The van der Waals surface area contributed by atoms with Gasteiger partial charge in [-0.3, -0.25) is 4.79 Å². The average molecular weight is 345 g/mol. The van der Waals surface area contributed by atoms with Gasteiger partial charge in [0.25, 0.3) is 5.91 Å². The number of nitrogens with zero attached hydrogens (tertiary/aromatic N) is 2. The van der Waals surface area contributed by atoms with Crippen molar-refractivity contribution in [2.24, 2.45) is 4.99 Å². The van der Waals surface area contributed by atoms with Crippen molar-refractivity contribution < 1.29 is 4.79 Å². The van der Waals surface area contributed by atoms with E-state index in [4.69, 9.17) is 5.41 Å². The van der Waals surface area contributed by atoms with E-state index in [-0.39, 0.29) is 11.4 Å². The Balaban J connectivity index is 2.98. The van der Waals surface area contributed by atoms with Crippen LogP contribution < -0.4 is 5.32 Å². The van der Waals surface area contributed by atoms with Crippen molar-refractivity contribution in [3.63, 3.8) is 0 Å². The Labute approximate surface area is 152 Å². The summed E-state index contributed by atoms with van der Waals surface area (Å²) >= 11 is 0. The second-order valence-electron chi connectivity index (χ2n) is 7.19. The van der Waals surface area contributed by atoms with Gasteiger partial charge in [-0.05, 0) is 60.3 Å². The standard InChI is InChI=1S/C20H32N4O/c1-8-9-16(21)10-13-24(7)19(25)17(14(2)3)15(4)18(22-6)23-20(5)11-12-20/h8-9,21,23H,6,10-13H2,1-5,7H3/b9-8-,18-15-,21-16?. The minimum absolute atomic E-state index is 0.0466. The smallest absolute Gasteiger partial charge is 0.253 e. The summed E-state index contributed by atoms with van der Waals surface area (Å²) in [5.41, 5.74) is 3.02. The van der Waals surface area contributed by atoms with Crippen LogP contribution in [0.3, 0.4) is 0 Å². The highest BCUT2D eigenvalue weighted by Gasteiger charge is 2.38. The summed E-state index contributed by atoms with van der Waals surface area (Å²) in [6, 6.07) is 0. The molecule has 1 rings (SSSR count). The minimum atomic E-state index is -0.0466. The van der Waals surface area contributed by atoms with Crippen LogP contribution in [-0.4, -0.2) is 42.4 Å². The number of rotatable bonds is 9. The van der Waals surface area contributed by atoms with Crippen molar-refractivity contribution in [1.82, 2.24) is 10.2 Å². The summed E-state index contributed by atoms with van der Waals surface area (Å²) in [5, 5.41) is 11.2. The first-order valence-electron chi connectivity index (χ1n) is 8.74. The number of carbonyl (C=O) groups excluding carboxylic acids is 1. The maximum absolute atomic E-state index is 13.0. The van der Waals surface area contributed by atoms with E-state index in [9.17, 15) is 4.79 Å². The van der Waals surface area contributed by atoms with Crippen molar-refractivity contribution in [3.8, 4) is 0 Å². The molecule has 138 valence electrons. The molecule has 1 saturated carbocycles. The van der Waals surface area contributed by atoms with Gasteiger partial charge in [-0.1, -0.05) is 11.6 Å². The number of hydrogen-bond acceptors (Lipinski definition) is 4. The van der Waals surface area contributed by atoms with Gasteiger partial charge in [-0.2, -0.15) is 0 Å². The van der Waals surface area contributed by atoms with Crippen LogP contribution in [0.15, 0.2) is 39.7 Å². The Bertz CT molecular complexity index is 632. The summed E-state index contributed by atoms with van der Waals surface area (Å²) in [6.07, 6.45) is 6.33. The van der Waals surface area contributed by atoms with Crippen LogP contribution in [0.1, 0.15) is 53.9 Å². The molecule has 0 atom stereocenters. The normalized spacial score (nSPS) is 16.1. The maximum atomic E-state index is 13.0. The van der Waals surface area contributed by atoms with E-state index in [1.807, 2.05) is 33.8 Å². The second-order valence-corrected chi connectivity index (χ2v) is 7.19. The van der Waals surface area contributed by atoms with E-state index < -0.39 is 0 Å². The lowest BCUT2D eigenvalue weighted by atomic mass is 10.0. The third-order valence-electron chi connectivity index (χ3n) is 4.45. The highest BCUT2D eigenvalue weighted by atomic mass is 16.2. The molecule has 0 bridgehead atoms. The van der Waals surface area contributed by atoms with Gasteiger partial charge >= 0.3 is 0 Å². The number of nitrogens with one attached hydrogen (secondary N) is 2. The largest absolute Gasteiger partial charge is 0.365 e. The number of aliphatic imine (C=N–C) groups is 1. The average Bonchev–Trinajstić information content (AvgIpc) is 3.27. The molecule has 1 aliphatic rings. The molecule has 0 aliphatic heterocycles. The summed E-state index contributed by atoms with van der Waals surface area (Å²) in [4.78, 5) is 18.8. The van der Waals surface area contributed by atoms with E-state index in [2.05, 4.69) is 24.0 Å².